The molecule has 5 nitrogen and oxygen atoms in total. The molecule has 2 rings (SSSR count). The quantitative estimate of drug-likeness (QED) is 0.805. The highest BCUT2D eigenvalue weighted by atomic mass is 16.5. The average molecular weight is 220 g/mol. The molecular formula is C11H12N2O3. The summed E-state index contributed by atoms with van der Waals surface area (Å²) in [5, 5.41) is 6.60. The van der Waals surface area contributed by atoms with E-state index in [-0.39, 0.29) is 0 Å². The lowest BCUT2D eigenvalue weighted by Gasteiger charge is -1.95. The summed E-state index contributed by atoms with van der Waals surface area (Å²) in [5.41, 5.74) is 0.919. The van der Waals surface area contributed by atoms with Gasteiger partial charge in [0.25, 0.3) is 0 Å². The van der Waals surface area contributed by atoms with Gasteiger partial charge in [-0.15, -0.1) is 0 Å². The van der Waals surface area contributed by atoms with E-state index < -0.39 is 5.97 Å². The van der Waals surface area contributed by atoms with Gasteiger partial charge in [-0.05, 0) is 26.0 Å². The van der Waals surface area contributed by atoms with Crippen molar-refractivity contribution in [2.45, 2.75) is 13.8 Å². The number of rotatable bonds is 3. The van der Waals surface area contributed by atoms with Gasteiger partial charge < -0.3 is 9.15 Å². The highest BCUT2D eigenvalue weighted by molar-refractivity contribution is 5.88. The van der Waals surface area contributed by atoms with Crippen molar-refractivity contribution in [1.29, 1.82) is 0 Å². The molecule has 0 spiro atoms. The Hall–Kier alpha value is -2.04. The number of carbonyl (C=O) groups excluding carboxylic acids is 1. The van der Waals surface area contributed by atoms with E-state index in [0.717, 1.165) is 5.76 Å². The molecule has 2 heterocycles. The Morgan fingerprint density at radius 2 is 2.38 bits per heavy atom. The Labute approximate surface area is 92.4 Å². The summed E-state index contributed by atoms with van der Waals surface area (Å²) >= 11 is 0. The molecule has 0 radical (unpaired) electrons. The zero-order chi connectivity index (χ0) is 11.5. The van der Waals surface area contributed by atoms with Crippen LogP contribution in [0.1, 0.15) is 23.2 Å². The van der Waals surface area contributed by atoms with E-state index in [0.29, 0.717) is 23.8 Å². The van der Waals surface area contributed by atoms with Crippen LogP contribution in [0.3, 0.4) is 0 Å². The van der Waals surface area contributed by atoms with Crippen molar-refractivity contribution in [3.05, 3.63) is 29.7 Å². The van der Waals surface area contributed by atoms with Crippen LogP contribution >= 0.6 is 0 Å². The molecule has 0 aliphatic carbocycles. The Kier molecular flexibility index (Phi) is 2.76. The molecule has 0 unspecified atom stereocenters. The van der Waals surface area contributed by atoms with Crippen molar-refractivity contribution in [3.8, 4) is 11.5 Å². The molecule has 0 atom stereocenters. The largest absolute Gasteiger partial charge is 0.461 e. The molecule has 2 aromatic rings. The lowest BCUT2D eigenvalue weighted by Crippen LogP contribution is -2.04. The van der Waals surface area contributed by atoms with Gasteiger partial charge in [0, 0.05) is 6.07 Å². The third kappa shape index (κ3) is 1.98. The van der Waals surface area contributed by atoms with E-state index in [2.05, 4.69) is 10.2 Å². The van der Waals surface area contributed by atoms with Crippen LogP contribution in [-0.4, -0.2) is 22.8 Å². The minimum atomic E-state index is -0.412. The van der Waals surface area contributed by atoms with Gasteiger partial charge in [0.1, 0.15) is 17.1 Å². The van der Waals surface area contributed by atoms with Crippen molar-refractivity contribution in [3.63, 3.8) is 0 Å². The minimum Gasteiger partial charge on any atom is -0.461 e. The van der Waals surface area contributed by atoms with Crippen LogP contribution in [0.2, 0.25) is 0 Å². The summed E-state index contributed by atoms with van der Waals surface area (Å²) in [6, 6.07) is 5.25. The standard InChI is InChI=1S/C11H12N2O3/c1-3-15-11(14)9-6-8(12-13-9)10-5-4-7(2)16-10/h4-6H,3H2,1-2H3,(H,12,13). The molecule has 0 aliphatic heterocycles. The van der Waals surface area contributed by atoms with Gasteiger partial charge in [-0.3, -0.25) is 5.10 Å². The normalized spacial score (nSPS) is 10.4. The van der Waals surface area contributed by atoms with E-state index in [4.69, 9.17) is 9.15 Å². The maximum absolute atomic E-state index is 11.4. The van der Waals surface area contributed by atoms with Crippen LogP contribution in [0.15, 0.2) is 22.6 Å². The molecule has 0 amide bonds. The number of nitrogens with one attached hydrogen (secondary N) is 1. The van der Waals surface area contributed by atoms with Gasteiger partial charge in [0.05, 0.1) is 6.61 Å². The van der Waals surface area contributed by atoms with Crippen LogP contribution < -0.4 is 0 Å². The van der Waals surface area contributed by atoms with Crippen LogP contribution in [0.5, 0.6) is 0 Å². The summed E-state index contributed by atoms with van der Waals surface area (Å²) in [6.07, 6.45) is 0. The molecule has 0 aromatic carbocycles. The van der Waals surface area contributed by atoms with Gasteiger partial charge in [0.2, 0.25) is 0 Å². The first-order valence-electron chi connectivity index (χ1n) is 5.00. The summed E-state index contributed by atoms with van der Waals surface area (Å²) < 4.78 is 10.2. The first kappa shape index (κ1) is 10.5. The number of furan rings is 1. The molecule has 1 N–H and O–H groups in total. The van der Waals surface area contributed by atoms with Crippen molar-refractivity contribution in [2.24, 2.45) is 0 Å². The number of hydrogen-bond donors (Lipinski definition) is 1. The zero-order valence-electron chi connectivity index (χ0n) is 9.11. The van der Waals surface area contributed by atoms with Gasteiger partial charge in [-0.2, -0.15) is 5.10 Å². The van der Waals surface area contributed by atoms with Crippen LogP contribution in [0, 0.1) is 6.92 Å². The predicted octanol–water partition coefficient (Wildman–Crippen LogP) is 2.15. The number of aryl methyl sites for hydroxylation is 1. The lowest BCUT2D eigenvalue weighted by atomic mass is 10.3. The van der Waals surface area contributed by atoms with E-state index in [1.807, 2.05) is 13.0 Å². The second-order valence-electron chi connectivity index (χ2n) is 3.30. The molecule has 0 saturated heterocycles. The third-order valence-electron chi connectivity index (χ3n) is 2.07. The number of hydrogen-bond acceptors (Lipinski definition) is 4. The number of esters is 1. The first-order valence-corrected chi connectivity index (χ1v) is 5.00. The lowest BCUT2D eigenvalue weighted by molar-refractivity contribution is 0.0519. The summed E-state index contributed by atoms with van der Waals surface area (Å²) in [7, 11) is 0. The topological polar surface area (TPSA) is 68.1 Å². The summed E-state index contributed by atoms with van der Waals surface area (Å²) in [6.45, 7) is 3.94. The molecule has 16 heavy (non-hydrogen) atoms. The monoisotopic (exact) mass is 220 g/mol. The van der Waals surface area contributed by atoms with Crippen molar-refractivity contribution in [2.75, 3.05) is 6.61 Å². The van der Waals surface area contributed by atoms with E-state index in [1.165, 1.54) is 0 Å². The Bertz CT molecular complexity index is 499. The SMILES string of the molecule is CCOC(=O)c1cc(-c2ccc(C)o2)n[nH]1. The fourth-order valence-corrected chi connectivity index (χ4v) is 1.33. The third-order valence-corrected chi connectivity index (χ3v) is 2.07. The maximum Gasteiger partial charge on any atom is 0.356 e. The number of aromatic nitrogens is 2. The van der Waals surface area contributed by atoms with Gasteiger partial charge >= 0.3 is 5.97 Å². The van der Waals surface area contributed by atoms with Gasteiger partial charge in [-0.1, -0.05) is 0 Å². The molecule has 84 valence electrons. The Morgan fingerprint density at radius 3 is 3.00 bits per heavy atom. The fraction of sp³-hybridized carbons (Fsp3) is 0.273. The van der Waals surface area contributed by atoms with Crippen molar-refractivity contribution in [1.82, 2.24) is 10.2 Å². The van der Waals surface area contributed by atoms with Crippen molar-refractivity contribution < 1.29 is 13.9 Å². The Morgan fingerprint density at radius 1 is 1.56 bits per heavy atom. The summed E-state index contributed by atoms with van der Waals surface area (Å²) in [4.78, 5) is 11.4. The number of carbonyl (C=O) groups is 1. The molecular weight excluding hydrogens is 208 g/mol. The number of aromatic amines is 1. The molecule has 2 aromatic heterocycles. The number of H-pyrrole nitrogens is 1. The van der Waals surface area contributed by atoms with Crippen LogP contribution in [0.4, 0.5) is 0 Å². The van der Waals surface area contributed by atoms with Crippen LogP contribution in [0.25, 0.3) is 11.5 Å². The molecule has 0 aliphatic rings. The molecule has 0 saturated carbocycles. The van der Waals surface area contributed by atoms with Gasteiger partial charge in [-0.25, -0.2) is 4.79 Å². The smallest absolute Gasteiger partial charge is 0.356 e. The molecule has 5 heteroatoms. The highest BCUT2D eigenvalue weighted by Crippen LogP contribution is 2.20. The van der Waals surface area contributed by atoms with E-state index in [1.54, 1.807) is 19.1 Å². The average Bonchev–Trinajstić information content (AvgIpc) is 2.85. The minimum absolute atomic E-state index is 0.325. The van der Waals surface area contributed by atoms with E-state index >= 15 is 0 Å². The Balaban J connectivity index is 2.22. The maximum atomic E-state index is 11.4. The summed E-state index contributed by atoms with van der Waals surface area (Å²) in [5.74, 6) is 1.02. The number of nitrogens with zero attached hydrogens (tertiary/aromatic N) is 1. The molecule has 0 fully saturated rings. The van der Waals surface area contributed by atoms with Crippen LogP contribution in [-0.2, 0) is 4.74 Å². The number of ether oxygens (including phenoxy) is 1. The second kappa shape index (κ2) is 4.22. The first-order chi connectivity index (χ1) is 7.70. The van der Waals surface area contributed by atoms with Gasteiger partial charge in [0.15, 0.2) is 5.76 Å². The van der Waals surface area contributed by atoms with E-state index in [9.17, 15) is 4.79 Å². The highest BCUT2D eigenvalue weighted by Gasteiger charge is 2.13. The molecule has 0 bridgehead atoms. The second-order valence-corrected chi connectivity index (χ2v) is 3.30. The zero-order valence-corrected chi connectivity index (χ0v) is 9.11. The fourth-order valence-electron chi connectivity index (χ4n) is 1.33. The predicted molar refractivity (Wildman–Crippen MR) is 57.0 cm³/mol. The van der Waals surface area contributed by atoms with Crippen molar-refractivity contribution >= 4 is 5.97 Å².